The average molecular weight is 256 g/mol. The zero-order chi connectivity index (χ0) is 13.7. The van der Waals surface area contributed by atoms with Gasteiger partial charge < -0.3 is 14.9 Å². The van der Waals surface area contributed by atoms with E-state index in [1.807, 2.05) is 13.0 Å². The molecule has 5 heteroatoms. The molecule has 0 saturated heterocycles. The molecule has 5 nitrogen and oxygen atoms in total. The first-order valence-corrected chi connectivity index (χ1v) is 5.63. The van der Waals surface area contributed by atoms with Crippen molar-refractivity contribution in [3.05, 3.63) is 47.3 Å². The van der Waals surface area contributed by atoms with Crippen molar-refractivity contribution >= 4 is 11.6 Å². The van der Waals surface area contributed by atoms with Gasteiger partial charge in [0.1, 0.15) is 6.61 Å². The highest BCUT2D eigenvalue weighted by Crippen LogP contribution is 2.17. The quantitative estimate of drug-likeness (QED) is 0.800. The maximum atomic E-state index is 11.8. The van der Waals surface area contributed by atoms with Gasteiger partial charge in [0.2, 0.25) is 5.76 Å². The number of anilines is 1. The van der Waals surface area contributed by atoms with Crippen LogP contribution in [0.1, 0.15) is 21.7 Å². The second kappa shape index (κ2) is 5.85. The molecule has 96 valence electrons. The van der Waals surface area contributed by atoms with Gasteiger partial charge in [-0.1, -0.05) is 17.0 Å². The van der Waals surface area contributed by atoms with Crippen molar-refractivity contribution in [3.8, 4) is 11.8 Å². The number of nitrogens with zero attached hydrogens (tertiary/aromatic N) is 1. The highest BCUT2D eigenvalue weighted by molar-refractivity contribution is 6.02. The molecule has 1 aromatic carbocycles. The number of aryl methyl sites for hydroxylation is 1. The van der Waals surface area contributed by atoms with E-state index >= 15 is 0 Å². The summed E-state index contributed by atoms with van der Waals surface area (Å²) in [6, 6.07) is 6.85. The van der Waals surface area contributed by atoms with Crippen molar-refractivity contribution in [3.63, 3.8) is 0 Å². The fourth-order valence-corrected chi connectivity index (χ4v) is 1.54. The Morgan fingerprint density at radius 1 is 1.47 bits per heavy atom. The molecule has 0 spiro atoms. The third-order valence-corrected chi connectivity index (χ3v) is 2.45. The third kappa shape index (κ3) is 3.21. The monoisotopic (exact) mass is 256 g/mol. The summed E-state index contributed by atoms with van der Waals surface area (Å²) >= 11 is 0. The standard InChI is InChI=1S/C14H12N2O3/c1-10-9-11(3-2-8-17)4-5-12(10)16-14(18)13-6-7-15-19-13/h4-7,9,17H,8H2,1H3,(H,16,18). The number of amides is 1. The van der Waals surface area contributed by atoms with Crippen molar-refractivity contribution in [2.24, 2.45) is 0 Å². The molecule has 1 amide bonds. The minimum absolute atomic E-state index is 0.156. The molecule has 0 radical (unpaired) electrons. The summed E-state index contributed by atoms with van der Waals surface area (Å²) in [4.78, 5) is 11.8. The smallest absolute Gasteiger partial charge is 0.294 e. The van der Waals surface area contributed by atoms with Gasteiger partial charge in [0.05, 0.1) is 6.20 Å². The molecule has 2 N–H and O–H groups in total. The SMILES string of the molecule is Cc1cc(C#CCO)ccc1NC(=O)c1ccno1. The highest BCUT2D eigenvalue weighted by atomic mass is 16.5. The van der Waals surface area contributed by atoms with E-state index in [4.69, 9.17) is 9.63 Å². The number of rotatable bonds is 2. The fraction of sp³-hybridized carbons (Fsp3) is 0.143. The first-order valence-electron chi connectivity index (χ1n) is 5.63. The minimum Gasteiger partial charge on any atom is -0.384 e. The second-order valence-electron chi connectivity index (χ2n) is 3.82. The number of hydrogen-bond donors (Lipinski definition) is 2. The van der Waals surface area contributed by atoms with Crippen LogP contribution in [0.5, 0.6) is 0 Å². The topological polar surface area (TPSA) is 75.4 Å². The first-order chi connectivity index (χ1) is 9.20. The van der Waals surface area contributed by atoms with E-state index < -0.39 is 0 Å². The van der Waals surface area contributed by atoms with Crippen LogP contribution in [0.15, 0.2) is 35.0 Å². The molecule has 0 aliphatic carbocycles. The number of carbonyl (C=O) groups excluding carboxylic acids is 1. The molecule has 1 aromatic heterocycles. The van der Waals surface area contributed by atoms with E-state index in [0.29, 0.717) is 5.69 Å². The number of hydrogen-bond acceptors (Lipinski definition) is 4. The predicted molar refractivity (Wildman–Crippen MR) is 69.6 cm³/mol. The molecule has 0 aliphatic heterocycles. The van der Waals surface area contributed by atoms with Crippen molar-refractivity contribution in [1.29, 1.82) is 0 Å². The van der Waals surface area contributed by atoms with Crippen LogP contribution in [0.25, 0.3) is 0 Å². The molecule has 0 saturated carbocycles. The van der Waals surface area contributed by atoms with Gasteiger partial charge in [0.15, 0.2) is 0 Å². The maximum Gasteiger partial charge on any atom is 0.294 e. The summed E-state index contributed by atoms with van der Waals surface area (Å²) in [6.45, 7) is 1.68. The Hall–Kier alpha value is -2.58. The normalized spacial score (nSPS) is 9.58. The molecule has 0 fully saturated rings. The van der Waals surface area contributed by atoms with Gasteiger partial charge in [-0.25, -0.2) is 0 Å². The van der Waals surface area contributed by atoms with Crippen molar-refractivity contribution in [2.45, 2.75) is 6.92 Å². The summed E-state index contributed by atoms with van der Waals surface area (Å²) < 4.78 is 4.77. The summed E-state index contributed by atoms with van der Waals surface area (Å²) in [5.74, 6) is 5.18. The van der Waals surface area contributed by atoms with Crippen LogP contribution in [0.2, 0.25) is 0 Å². The number of carbonyl (C=O) groups is 1. The van der Waals surface area contributed by atoms with E-state index in [1.165, 1.54) is 12.3 Å². The van der Waals surface area contributed by atoms with E-state index in [2.05, 4.69) is 22.3 Å². The number of aliphatic hydroxyl groups excluding tert-OH is 1. The van der Waals surface area contributed by atoms with Gasteiger partial charge >= 0.3 is 0 Å². The van der Waals surface area contributed by atoms with Crippen LogP contribution in [-0.2, 0) is 0 Å². The predicted octanol–water partition coefficient (Wildman–Crippen LogP) is 1.58. The van der Waals surface area contributed by atoms with Gasteiger partial charge in [-0.2, -0.15) is 0 Å². The Balaban J connectivity index is 2.15. The Labute approximate surface area is 110 Å². The summed E-state index contributed by atoms with van der Waals surface area (Å²) in [6.07, 6.45) is 1.41. The van der Waals surface area contributed by atoms with Crippen LogP contribution in [0.4, 0.5) is 5.69 Å². The largest absolute Gasteiger partial charge is 0.384 e. The zero-order valence-electron chi connectivity index (χ0n) is 10.3. The van der Waals surface area contributed by atoms with Gasteiger partial charge in [-0.05, 0) is 30.7 Å². The van der Waals surface area contributed by atoms with Gasteiger partial charge in [-0.3, -0.25) is 4.79 Å². The average Bonchev–Trinajstić information content (AvgIpc) is 2.93. The van der Waals surface area contributed by atoms with Crippen LogP contribution >= 0.6 is 0 Å². The number of nitrogens with one attached hydrogen (secondary N) is 1. The van der Waals surface area contributed by atoms with Crippen molar-refractivity contribution in [2.75, 3.05) is 11.9 Å². The summed E-state index contributed by atoms with van der Waals surface area (Å²) in [5, 5.41) is 14.8. The molecule has 0 atom stereocenters. The maximum absolute atomic E-state index is 11.8. The Kier molecular flexibility index (Phi) is 3.96. The van der Waals surface area contributed by atoms with Gasteiger partial charge in [-0.15, -0.1) is 0 Å². The second-order valence-corrected chi connectivity index (χ2v) is 3.82. The molecule has 2 rings (SSSR count). The molecule has 2 aromatic rings. The minimum atomic E-state index is -0.352. The Bertz CT molecular complexity index is 636. The lowest BCUT2D eigenvalue weighted by Gasteiger charge is -2.06. The molecular formula is C14H12N2O3. The van der Waals surface area contributed by atoms with Gasteiger partial charge in [0, 0.05) is 17.3 Å². The van der Waals surface area contributed by atoms with Crippen molar-refractivity contribution in [1.82, 2.24) is 5.16 Å². The van der Waals surface area contributed by atoms with E-state index in [-0.39, 0.29) is 18.3 Å². The lowest BCUT2D eigenvalue weighted by Crippen LogP contribution is -2.11. The number of aromatic nitrogens is 1. The number of aliphatic hydroxyl groups is 1. The summed E-state index contributed by atoms with van der Waals surface area (Å²) in [7, 11) is 0. The third-order valence-electron chi connectivity index (χ3n) is 2.45. The van der Waals surface area contributed by atoms with Crippen LogP contribution < -0.4 is 5.32 Å². The van der Waals surface area contributed by atoms with Crippen LogP contribution in [0.3, 0.4) is 0 Å². The lowest BCUT2D eigenvalue weighted by atomic mass is 10.1. The molecule has 0 bridgehead atoms. The highest BCUT2D eigenvalue weighted by Gasteiger charge is 2.11. The molecule has 0 aliphatic rings. The molecule has 19 heavy (non-hydrogen) atoms. The Morgan fingerprint density at radius 3 is 2.95 bits per heavy atom. The fourth-order valence-electron chi connectivity index (χ4n) is 1.54. The van der Waals surface area contributed by atoms with E-state index in [1.54, 1.807) is 12.1 Å². The van der Waals surface area contributed by atoms with E-state index in [0.717, 1.165) is 11.1 Å². The number of benzene rings is 1. The first kappa shape index (κ1) is 12.9. The zero-order valence-corrected chi connectivity index (χ0v) is 10.3. The molecule has 1 heterocycles. The van der Waals surface area contributed by atoms with E-state index in [9.17, 15) is 4.79 Å². The van der Waals surface area contributed by atoms with Gasteiger partial charge in [0.25, 0.3) is 5.91 Å². The molecular weight excluding hydrogens is 244 g/mol. The van der Waals surface area contributed by atoms with Crippen LogP contribution in [-0.4, -0.2) is 22.8 Å². The summed E-state index contributed by atoms with van der Waals surface area (Å²) in [5.41, 5.74) is 2.33. The Morgan fingerprint density at radius 2 is 2.32 bits per heavy atom. The molecule has 0 unspecified atom stereocenters. The van der Waals surface area contributed by atoms with Crippen LogP contribution in [0, 0.1) is 18.8 Å². The van der Waals surface area contributed by atoms with Crippen molar-refractivity contribution < 1.29 is 14.4 Å². The lowest BCUT2D eigenvalue weighted by molar-refractivity contribution is 0.0988.